The lowest BCUT2D eigenvalue weighted by Crippen LogP contribution is -2.45. The molecule has 2 amide bonds. The van der Waals surface area contributed by atoms with E-state index in [1.54, 1.807) is 0 Å². The van der Waals surface area contributed by atoms with Crippen LogP contribution in [0.5, 0.6) is 0 Å². The van der Waals surface area contributed by atoms with Crippen molar-refractivity contribution in [3.8, 4) is 0 Å². The summed E-state index contributed by atoms with van der Waals surface area (Å²) in [4.78, 5) is 25.0. The molecule has 126 valence electrons. The second-order valence-corrected chi connectivity index (χ2v) is 6.31. The number of rotatable bonds is 3. The minimum atomic E-state index is -4.82. The molecular formula is C15H23F3N2O2. The predicted molar refractivity (Wildman–Crippen MR) is 74.9 cm³/mol. The van der Waals surface area contributed by atoms with Crippen molar-refractivity contribution in [2.45, 2.75) is 51.1 Å². The molecule has 0 aromatic heterocycles. The number of nitrogens with one attached hydrogen (secondary N) is 1. The Labute approximate surface area is 128 Å². The fourth-order valence-corrected chi connectivity index (χ4v) is 3.30. The van der Waals surface area contributed by atoms with E-state index in [0.717, 1.165) is 25.7 Å². The Bertz CT molecular complexity index is 398. The third-order valence-electron chi connectivity index (χ3n) is 4.69. The topological polar surface area (TPSA) is 49.4 Å². The van der Waals surface area contributed by atoms with Crippen LogP contribution in [0, 0.1) is 11.8 Å². The van der Waals surface area contributed by atoms with E-state index < -0.39 is 12.1 Å². The number of alkyl halides is 3. The van der Waals surface area contributed by atoms with Gasteiger partial charge in [0.1, 0.15) is 0 Å². The number of hydrogen-bond donors (Lipinski definition) is 1. The number of hydrogen-bond acceptors (Lipinski definition) is 2. The third-order valence-corrected chi connectivity index (χ3v) is 4.69. The van der Waals surface area contributed by atoms with Crippen molar-refractivity contribution in [1.29, 1.82) is 0 Å². The lowest BCUT2D eigenvalue weighted by Gasteiger charge is -2.35. The van der Waals surface area contributed by atoms with E-state index in [-0.39, 0.29) is 24.3 Å². The molecular weight excluding hydrogens is 297 g/mol. The second-order valence-electron chi connectivity index (χ2n) is 6.31. The monoisotopic (exact) mass is 320 g/mol. The average molecular weight is 320 g/mol. The van der Waals surface area contributed by atoms with E-state index in [9.17, 15) is 22.8 Å². The first-order chi connectivity index (χ1) is 10.4. The van der Waals surface area contributed by atoms with Crippen molar-refractivity contribution < 1.29 is 22.8 Å². The highest BCUT2D eigenvalue weighted by molar-refractivity contribution is 5.81. The van der Waals surface area contributed by atoms with E-state index in [4.69, 9.17) is 0 Å². The second kappa shape index (κ2) is 7.33. The standard InChI is InChI=1S/C15H23F3N2O2/c16-15(17,18)14(22)19-10-11-6-8-20(9-7-11)13(21)12-4-2-1-3-5-12/h11-12H,1-10H2,(H,19,22). The van der Waals surface area contributed by atoms with Gasteiger partial charge in [0.2, 0.25) is 5.91 Å². The van der Waals surface area contributed by atoms with Crippen LogP contribution in [0.4, 0.5) is 13.2 Å². The maximum atomic E-state index is 12.4. The maximum absolute atomic E-state index is 12.4. The molecule has 1 aliphatic carbocycles. The van der Waals surface area contributed by atoms with Crippen molar-refractivity contribution in [2.24, 2.45) is 11.8 Å². The van der Waals surface area contributed by atoms with Crippen LogP contribution in [0.3, 0.4) is 0 Å². The molecule has 0 spiro atoms. The van der Waals surface area contributed by atoms with E-state index in [1.807, 2.05) is 10.2 Å². The van der Waals surface area contributed by atoms with Gasteiger partial charge in [0.25, 0.3) is 0 Å². The molecule has 0 bridgehead atoms. The summed E-state index contributed by atoms with van der Waals surface area (Å²) >= 11 is 0. The molecule has 22 heavy (non-hydrogen) atoms. The summed E-state index contributed by atoms with van der Waals surface area (Å²) in [6.07, 6.45) is 1.81. The highest BCUT2D eigenvalue weighted by Gasteiger charge is 2.39. The summed E-state index contributed by atoms with van der Waals surface area (Å²) in [7, 11) is 0. The van der Waals surface area contributed by atoms with Gasteiger partial charge in [-0.2, -0.15) is 13.2 Å². The Morgan fingerprint density at radius 1 is 1.00 bits per heavy atom. The van der Waals surface area contributed by atoms with E-state index in [1.165, 1.54) is 6.42 Å². The first kappa shape index (κ1) is 17.1. The minimum absolute atomic E-state index is 0.0155. The highest BCUT2D eigenvalue weighted by Crippen LogP contribution is 2.27. The highest BCUT2D eigenvalue weighted by atomic mass is 19.4. The maximum Gasteiger partial charge on any atom is 0.471 e. The number of piperidine rings is 1. The van der Waals surface area contributed by atoms with Crippen molar-refractivity contribution in [2.75, 3.05) is 19.6 Å². The van der Waals surface area contributed by atoms with Gasteiger partial charge in [0.05, 0.1) is 0 Å². The summed E-state index contributed by atoms with van der Waals surface area (Å²) in [6, 6.07) is 0. The summed E-state index contributed by atoms with van der Waals surface area (Å²) in [5, 5.41) is 1.93. The molecule has 1 aliphatic heterocycles. The third kappa shape index (κ3) is 4.61. The SMILES string of the molecule is O=C(C1CCCCC1)N1CCC(CNC(=O)C(F)(F)F)CC1. The van der Waals surface area contributed by atoms with Crippen LogP contribution < -0.4 is 5.32 Å². The number of nitrogens with zero attached hydrogens (tertiary/aromatic N) is 1. The molecule has 2 fully saturated rings. The van der Waals surface area contributed by atoms with E-state index >= 15 is 0 Å². The predicted octanol–water partition coefficient (Wildman–Crippen LogP) is 2.48. The van der Waals surface area contributed by atoms with Crippen LogP contribution >= 0.6 is 0 Å². The zero-order valence-corrected chi connectivity index (χ0v) is 12.6. The molecule has 0 aromatic carbocycles. The van der Waals surface area contributed by atoms with Gasteiger partial charge in [-0.15, -0.1) is 0 Å². The van der Waals surface area contributed by atoms with E-state index in [2.05, 4.69) is 0 Å². The molecule has 1 saturated carbocycles. The Hall–Kier alpha value is -1.27. The summed E-state index contributed by atoms with van der Waals surface area (Å²) in [5.74, 6) is -1.53. The first-order valence-corrected chi connectivity index (χ1v) is 8.01. The summed E-state index contributed by atoms with van der Waals surface area (Å²) in [5.41, 5.74) is 0. The molecule has 1 heterocycles. The Morgan fingerprint density at radius 3 is 2.14 bits per heavy atom. The van der Waals surface area contributed by atoms with Crippen LogP contribution in [-0.2, 0) is 9.59 Å². The largest absolute Gasteiger partial charge is 0.471 e. The number of carbonyl (C=O) groups excluding carboxylic acids is 2. The average Bonchev–Trinajstić information content (AvgIpc) is 2.52. The molecule has 2 rings (SSSR count). The van der Waals surface area contributed by atoms with Gasteiger partial charge >= 0.3 is 12.1 Å². The molecule has 1 saturated heterocycles. The molecule has 0 unspecified atom stereocenters. The molecule has 7 heteroatoms. The van der Waals surface area contributed by atoms with Crippen molar-refractivity contribution >= 4 is 11.8 Å². The van der Waals surface area contributed by atoms with Gasteiger partial charge in [0, 0.05) is 25.6 Å². The van der Waals surface area contributed by atoms with Gasteiger partial charge < -0.3 is 10.2 Å². The quantitative estimate of drug-likeness (QED) is 0.868. The van der Waals surface area contributed by atoms with Crippen molar-refractivity contribution in [3.63, 3.8) is 0 Å². The van der Waals surface area contributed by atoms with Crippen molar-refractivity contribution in [3.05, 3.63) is 0 Å². The summed E-state index contributed by atoms with van der Waals surface area (Å²) < 4.78 is 36.3. The van der Waals surface area contributed by atoms with Crippen LogP contribution in [0.25, 0.3) is 0 Å². The summed E-state index contributed by atoms with van der Waals surface area (Å²) in [6.45, 7) is 1.20. The minimum Gasteiger partial charge on any atom is -0.348 e. The van der Waals surface area contributed by atoms with Crippen LogP contribution in [0.15, 0.2) is 0 Å². The zero-order valence-electron chi connectivity index (χ0n) is 12.6. The number of halogens is 3. The Kier molecular flexibility index (Phi) is 5.69. The fourth-order valence-electron chi connectivity index (χ4n) is 3.30. The molecule has 1 N–H and O–H groups in total. The normalized spacial score (nSPS) is 21.7. The van der Waals surface area contributed by atoms with Crippen LogP contribution in [0.1, 0.15) is 44.9 Å². The number of carbonyl (C=O) groups is 2. The van der Waals surface area contributed by atoms with E-state index in [0.29, 0.717) is 25.9 Å². The fraction of sp³-hybridized carbons (Fsp3) is 0.867. The zero-order chi connectivity index (χ0) is 16.2. The van der Waals surface area contributed by atoms with Crippen molar-refractivity contribution in [1.82, 2.24) is 10.2 Å². The van der Waals surface area contributed by atoms with Crippen LogP contribution in [-0.4, -0.2) is 42.5 Å². The molecule has 0 aromatic rings. The van der Waals surface area contributed by atoms with Gasteiger partial charge in [-0.1, -0.05) is 19.3 Å². The lowest BCUT2D eigenvalue weighted by atomic mass is 9.87. The van der Waals surface area contributed by atoms with Gasteiger partial charge in [-0.25, -0.2) is 0 Å². The molecule has 4 nitrogen and oxygen atoms in total. The van der Waals surface area contributed by atoms with Gasteiger partial charge in [-0.05, 0) is 31.6 Å². The molecule has 0 radical (unpaired) electrons. The molecule has 0 atom stereocenters. The number of likely N-dealkylation sites (tertiary alicyclic amines) is 1. The Morgan fingerprint density at radius 2 is 1.59 bits per heavy atom. The van der Waals surface area contributed by atoms with Crippen LogP contribution in [0.2, 0.25) is 0 Å². The first-order valence-electron chi connectivity index (χ1n) is 8.01. The lowest BCUT2D eigenvalue weighted by molar-refractivity contribution is -0.173. The number of amides is 2. The van der Waals surface area contributed by atoms with Gasteiger partial charge in [-0.3, -0.25) is 9.59 Å². The molecule has 2 aliphatic rings. The van der Waals surface area contributed by atoms with Gasteiger partial charge in [0.15, 0.2) is 0 Å². The Balaban J connectivity index is 1.71. The smallest absolute Gasteiger partial charge is 0.348 e.